The molecule has 5 rings (SSSR count). The van der Waals surface area contributed by atoms with Gasteiger partial charge >= 0.3 is 0 Å². The van der Waals surface area contributed by atoms with Crippen LogP contribution in [0.4, 0.5) is 11.4 Å². The second-order valence-electron chi connectivity index (χ2n) is 11.6. The van der Waals surface area contributed by atoms with Crippen molar-refractivity contribution in [3.05, 3.63) is 88.3 Å². The molecule has 42 heavy (non-hydrogen) atoms. The van der Waals surface area contributed by atoms with Gasteiger partial charge < -0.3 is 18.8 Å². The summed E-state index contributed by atoms with van der Waals surface area (Å²) in [4.78, 5) is 49.4. The molecule has 0 N–H and O–H groups in total. The van der Waals surface area contributed by atoms with Crippen molar-refractivity contribution in [2.24, 2.45) is 5.41 Å². The van der Waals surface area contributed by atoms with E-state index in [4.69, 9.17) is 4.42 Å². The van der Waals surface area contributed by atoms with Crippen molar-refractivity contribution in [1.29, 1.82) is 0 Å². The first-order chi connectivity index (χ1) is 20.1. The summed E-state index contributed by atoms with van der Waals surface area (Å²) in [6.45, 7) is 10.7. The Morgan fingerprint density at radius 1 is 1.00 bits per heavy atom. The standard InChI is InChI=1S/C33H39N5O4/c1-6-38-27-10-9-24(20-28(27)35(5)31(40)33(3,4)32(38)41)8-7-15-36(22-25-21-34-14-11-23(25)2)17-18-37-16-12-29-26(30(37)39)13-19-42-29/h9-14,16,19-21H,6-8,15,17-18,22H2,1-5H3. The molecule has 0 unspecified atom stereocenters. The Kier molecular flexibility index (Phi) is 8.31. The van der Waals surface area contributed by atoms with Crippen molar-refractivity contribution < 1.29 is 14.0 Å². The highest BCUT2D eigenvalue weighted by atomic mass is 16.3. The molecule has 1 aromatic carbocycles. The highest BCUT2D eigenvalue weighted by Gasteiger charge is 2.45. The van der Waals surface area contributed by atoms with Crippen LogP contribution in [0.25, 0.3) is 11.0 Å². The minimum Gasteiger partial charge on any atom is -0.464 e. The molecule has 0 aliphatic carbocycles. The molecule has 9 heteroatoms. The molecule has 1 aliphatic heterocycles. The number of aryl methyl sites for hydroxylation is 2. The van der Waals surface area contributed by atoms with Gasteiger partial charge in [-0.05, 0) is 94.1 Å². The first-order valence-electron chi connectivity index (χ1n) is 14.5. The number of rotatable bonds is 10. The summed E-state index contributed by atoms with van der Waals surface area (Å²) in [6.07, 6.45) is 8.74. The van der Waals surface area contributed by atoms with Crippen LogP contribution >= 0.6 is 0 Å². The number of carbonyl (C=O) groups excluding carboxylic acids is 2. The number of anilines is 2. The van der Waals surface area contributed by atoms with E-state index in [1.807, 2.05) is 37.4 Å². The Labute approximate surface area is 246 Å². The van der Waals surface area contributed by atoms with Crippen molar-refractivity contribution in [3.63, 3.8) is 0 Å². The number of benzene rings is 1. The molecule has 0 radical (unpaired) electrons. The zero-order chi connectivity index (χ0) is 30.0. The molecule has 3 aromatic heterocycles. The number of hydrogen-bond acceptors (Lipinski definition) is 6. The zero-order valence-corrected chi connectivity index (χ0v) is 25.1. The Morgan fingerprint density at radius 2 is 1.81 bits per heavy atom. The molecule has 0 bridgehead atoms. The lowest BCUT2D eigenvalue weighted by Gasteiger charge is -2.27. The molecular weight excluding hydrogens is 530 g/mol. The third-order valence-electron chi connectivity index (χ3n) is 8.36. The van der Waals surface area contributed by atoms with Gasteiger partial charge in [0.05, 0.1) is 23.0 Å². The lowest BCUT2D eigenvalue weighted by molar-refractivity contribution is -0.137. The van der Waals surface area contributed by atoms with Crippen molar-refractivity contribution in [1.82, 2.24) is 14.5 Å². The SMILES string of the molecule is CCN1C(=O)C(C)(C)C(=O)N(C)c2cc(CCCN(CCn3ccc4occc4c3=O)Cc3cnccc3C)ccc21. The van der Waals surface area contributed by atoms with Gasteiger partial charge in [0.25, 0.3) is 5.56 Å². The highest BCUT2D eigenvalue weighted by molar-refractivity contribution is 6.19. The van der Waals surface area contributed by atoms with Crippen LogP contribution in [0.15, 0.2) is 70.5 Å². The molecule has 4 heterocycles. The molecule has 0 fully saturated rings. The van der Waals surface area contributed by atoms with E-state index in [0.717, 1.165) is 48.4 Å². The van der Waals surface area contributed by atoms with Gasteiger partial charge in [-0.3, -0.25) is 24.3 Å². The van der Waals surface area contributed by atoms with E-state index < -0.39 is 5.41 Å². The van der Waals surface area contributed by atoms with Crippen LogP contribution in [0.2, 0.25) is 0 Å². The van der Waals surface area contributed by atoms with E-state index in [1.54, 1.807) is 60.0 Å². The second-order valence-corrected chi connectivity index (χ2v) is 11.6. The summed E-state index contributed by atoms with van der Waals surface area (Å²) in [7, 11) is 1.75. The monoisotopic (exact) mass is 569 g/mol. The lowest BCUT2D eigenvalue weighted by atomic mass is 9.90. The molecule has 0 saturated heterocycles. The summed E-state index contributed by atoms with van der Waals surface area (Å²) in [6, 6.07) is 11.6. The number of pyridine rings is 2. The van der Waals surface area contributed by atoms with E-state index in [0.29, 0.717) is 30.6 Å². The quantitative estimate of drug-likeness (QED) is 0.255. The Balaban J connectivity index is 1.32. The fourth-order valence-corrected chi connectivity index (χ4v) is 5.71. The van der Waals surface area contributed by atoms with Gasteiger partial charge in [-0.2, -0.15) is 0 Å². The normalized spacial score (nSPS) is 15.0. The lowest BCUT2D eigenvalue weighted by Crippen LogP contribution is -2.47. The predicted molar refractivity (Wildman–Crippen MR) is 165 cm³/mol. The zero-order valence-electron chi connectivity index (χ0n) is 25.1. The van der Waals surface area contributed by atoms with Crippen molar-refractivity contribution >= 4 is 34.2 Å². The maximum atomic E-state index is 13.2. The van der Waals surface area contributed by atoms with Crippen LogP contribution < -0.4 is 15.4 Å². The van der Waals surface area contributed by atoms with Gasteiger partial charge in [0.2, 0.25) is 11.8 Å². The fourth-order valence-electron chi connectivity index (χ4n) is 5.71. The highest BCUT2D eigenvalue weighted by Crippen LogP contribution is 2.38. The average molecular weight is 570 g/mol. The number of amides is 2. The number of nitrogens with zero attached hydrogens (tertiary/aromatic N) is 5. The smallest absolute Gasteiger partial charge is 0.261 e. The first kappa shape index (κ1) is 29.3. The molecule has 1 aliphatic rings. The summed E-state index contributed by atoms with van der Waals surface area (Å²) >= 11 is 0. The largest absolute Gasteiger partial charge is 0.464 e. The van der Waals surface area contributed by atoms with Crippen molar-refractivity contribution in [2.45, 2.75) is 53.6 Å². The van der Waals surface area contributed by atoms with Gasteiger partial charge in [0.15, 0.2) is 0 Å². The van der Waals surface area contributed by atoms with Crippen molar-refractivity contribution in [3.8, 4) is 0 Å². The predicted octanol–water partition coefficient (Wildman–Crippen LogP) is 4.79. The summed E-state index contributed by atoms with van der Waals surface area (Å²) in [5.74, 6) is -0.385. The molecule has 0 spiro atoms. The number of fused-ring (bicyclic) bond motifs is 2. The maximum absolute atomic E-state index is 13.2. The van der Waals surface area contributed by atoms with E-state index in [2.05, 4.69) is 22.9 Å². The van der Waals surface area contributed by atoms with Gasteiger partial charge in [-0.25, -0.2) is 0 Å². The number of furan rings is 1. The van der Waals surface area contributed by atoms with Crippen LogP contribution in [0.1, 0.15) is 43.9 Å². The molecule has 0 saturated carbocycles. The van der Waals surface area contributed by atoms with Gasteiger partial charge in [0, 0.05) is 51.8 Å². The molecule has 0 atom stereocenters. The van der Waals surface area contributed by atoms with Gasteiger partial charge in [0.1, 0.15) is 11.0 Å². The van der Waals surface area contributed by atoms with E-state index in [-0.39, 0.29) is 17.4 Å². The van der Waals surface area contributed by atoms with Crippen molar-refractivity contribution in [2.75, 3.05) is 36.5 Å². The third-order valence-corrected chi connectivity index (χ3v) is 8.36. The Bertz CT molecular complexity index is 1670. The minimum atomic E-state index is -1.13. The molecule has 4 aromatic rings. The average Bonchev–Trinajstić information content (AvgIpc) is 3.46. The molecule has 220 valence electrons. The fraction of sp³-hybridized carbons (Fsp3) is 0.394. The molecule has 9 nitrogen and oxygen atoms in total. The Morgan fingerprint density at radius 3 is 2.57 bits per heavy atom. The number of hydrogen-bond donors (Lipinski definition) is 0. The topological polar surface area (TPSA) is 91.9 Å². The Hall–Kier alpha value is -4.24. The minimum absolute atomic E-state index is 0.0508. The number of aromatic nitrogens is 2. The van der Waals surface area contributed by atoms with Crippen LogP contribution in [0, 0.1) is 12.3 Å². The van der Waals surface area contributed by atoms with Gasteiger partial charge in [-0.15, -0.1) is 0 Å². The number of carbonyl (C=O) groups is 2. The van der Waals surface area contributed by atoms with Crippen LogP contribution in [-0.2, 0) is 29.1 Å². The molecule has 2 amide bonds. The summed E-state index contributed by atoms with van der Waals surface area (Å²) in [5, 5.41) is 0.588. The molecular formula is C33H39N5O4. The second kappa shape index (κ2) is 11.9. The summed E-state index contributed by atoms with van der Waals surface area (Å²) in [5.41, 5.74) is 4.40. The van der Waals surface area contributed by atoms with Crippen LogP contribution in [-0.4, -0.2) is 52.9 Å². The van der Waals surface area contributed by atoms with Crippen LogP contribution in [0.3, 0.4) is 0 Å². The van der Waals surface area contributed by atoms with E-state index >= 15 is 0 Å². The maximum Gasteiger partial charge on any atom is 0.261 e. The van der Waals surface area contributed by atoms with Crippen LogP contribution in [0.5, 0.6) is 0 Å². The third kappa shape index (κ3) is 5.61. The van der Waals surface area contributed by atoms with E-state index in [9.17, 15) is 14.4 Å². The van der Waals surface area contributed by atoms with E-state index in [1.165, 1.54) is 5.56 Å². The summed E-state index contributed by atoms with van der Waals surface area (Å²) < 4.78 is 7.12. The first-order valence-corrected chi connectivity index (χ1v) is 14.5. The van der Waals surface area contributed by atoms with Gasteiger partial charge in [-0.1, -0.05) is 6.07 Å².